The Bertz CT molecular complexity index is 1230. The molecule has 1 aromatic heterocycles. The number of nitrogens with zero attached hydrogens (tertiary/aromatic N) is 3. The summed E-state index contributed by atoms with van der Waals surface area (Å²) in [6, 6.07) is 10.8. The first-order chi connectivity index (χ1) is 15.0. The number of benzene rings is 2. The van der Waals surface area contributed by atoms with Crippen LogP contribution in [0.2, 0.25) is 5.02 Å². The summed E-state index contributed by atoms with van der Waals surface area (Å²) < 4.78 is 14.3. The van der Waals surface area contributed by atoms with Crippen molar-refractivity contribution in [2.45, 2.75) is 18.2 Å². The summed E-state index contributed by atoms with van der Waals surface area (Å²) in [7, 11) is 0. The molecule has 1 aliphatic rings. The van der Waals surface area contributed by atoms with Crippen LogP contribution in [-0.4, -0.2) is 21.6 Å². The molecule has 7 nitrogen and oxygen atoms in total. The lowest BCUT2D eigenvalue weighted by Gasteiger charge is -2.17. The van der Waals surface area contributed by atoms with E-state index in [1.807, 2.05) is 13.0 Å². The van der Waals surface area contributed by atoms with E-state index in [2.05, 4.69) is 32.0 Å². The van der Waals surface area contributed by atoms with Crippen LogP contribution >= 0.6 is 23.4 Å². The van der Waals surface area contributed by atoms with Gasteiger partial charge in [0.05, 0.1) is 28.2 Å². The Labute approximate surface area is 187 Å². The highest BCUT2D eigenvalue weighted by atomic mass is 35.5. The maximum Gasteiger partial charge on any atom is 0.234 e. The van der Waals surface area contributed by atoms with E-state index >= 15 is 0 Å². The predicted molar refractivity (Wildman–Crippen MR) is 120 cm³/mol. The number of aryl methyl sites for hydroxylation is 1. The number of rotatable bonds is 5. The molecule has 0 saturated carbocycles. The largest absolute Gasteiger partial charge is 0.338 e. The van der Waals surface area contributed by atoms with Gasteiger partial charge in [-0.2, -0.15) is 10.2 Å². The number of hydrogen-bond donors (Lipinski definition) is 3. The fourth-order valence-electron chi connectivity index (χ4n) is 3.04. The SMILES string of the molecule is CCc1cc(Nc2ncc(F)c(Nc3ccc4c(c3)NC(=O)CS4)n2)cc(C#N)c1Cl. The molecule has 0 fully saturated rings. The normalized spacial score (nSPS) is 12.5. The van der Waals surface area contributed by atoms with Crippen molar-refractivity contribution in [3.63, 3.8) is 0 Å². The van der Waals surface area contributed by atoms with Crippen LogP contribution in [0.15, 0.2) is 41.4 Å². The Balaban J connectivity index is 1.59. The Hall–Kier alpha value is -3.35. The van der Waals surface area contributed by atoms with E-state index in [0.29, 0.717) is 39.8 Å². The van der Waals surface area contributed by atoms with Gasteiger partial charge in [-0.15, -0.1) is 11.8 Å². The van der Waals surface area contributed by atoms with Gasteiger partial charge >= 0.3 is 0 Å². The molecule has 0 spiro atoms. The van der Waals surface area contributed by atoms with Crippen molar-refractivity contribution in [1.82, 2.24) is 9.97 Å². The summed E-state index contributed by atoms with van der Waals surface area (Å²) in [6.45, 7) is 1.93. The fraction of sp³-hybridized carbons (Fsp3) is 0.143. The number of anilines is 5. The van der Waals surface area contributed by atoms with Gasteiger partial charge in [0, 0.05) is 16.3 Å². The molecule has 2 heterocycles. The van der Waals surface area contributed by atoms with Gasteiger partial charge in [-0.25, -0.2) is 9.37 Å². The van der Waals surface area contributed by atoms with Crippen molar-refractivity contribution in [2.24, 2.45) is 0 Å². The predicted octanol–water partition coefficient (Wildman–Crippen LogP) is 5.23. The van der Waals surface area contributed by atoms with Gasteiger partial charge < -0.3 is 16.0 Å². The average Bonchev–Trinajstić information content (AvgIpc) is 2.76. The minimum absolute atomic E-state index is 0.0302. The third-order valence-corrected chi connectivity index (χ3v) is 6.04. The monoisotopic (exact) mass is 454 g/mol. The number of aromatic nitrogens is 2. The number of carbonyl (C=O) groups is 1. The van der Waals surface area contributed by atoms with E-state index in [4.69, 9.17) is 11.6 Å². The van der Waals surface area contributed by atoms with E-state index in [9.17, 15) is 14.4 Å². The second-order valence-electron chi connectivity index (χ2n) is 6.65. The van der Waals surface area contributed by atoms with Gasteiger partial charge in [-0.3, -0.25) is 4.79 Å². The molecule has 2 aromatic carbocycles. The van der Waals surface area contributed by atoms with Crippen molar-refractivity contribution >= 4 is 58.1 Å². The van der Waals surface area contributed by atoms with Gasteiger partial charge in [0.1, 0.15) is 6.07 Å². The zero-order chi connectivity index (χ0) is 22.0. The molecular formula is C21H16ClFN6OS. The van der Waals surface area contributed by atoms with Crippen molar-refractivity contribution in [3.8, 4) is 6.07 Å². The molecule has 156 valence electrons. The Morgan fingerprint density at radius 1 is 1.29 bits per heavy atom. The standard InChI is InChI=1S/C21H16ClFN6OS/c1-2-11-5-14(6-12(8-24)19(11)22)27-21-25-9-15(23)20(29-21)26-13-3-4-17-16(7-13)28-18(30)10-31-17/h3-7,9H,2,10H2,1H3,(H,28,30)(H2,25,26,27,29). The molecule has 3 aromatic rings. The van der Waals surface area contributed by atoms with Gasteiger partial charge in [-0.1, -0.05) is 18.5 Å². The Morgan fingerprint density at radius 2 is 2.13 bits per heavy atom. The first-order valence-electron chi connectivity index (χ1n) is 9.32. The highest BCUT2D eigenvalue weighted by molar-refractivity contribution is 8.00. The first kappa shape index (κ1) is 20.9. The quantitative estimate of drug-likeness (QED) is 0.484. The molecule has 4 rings (SSSR count). The maximum absolute atomic E-state index is 14.3. The zero-order valence-electron chi connectivity index (χ0n) is 16.3. The molecule has 31 heavy (non-hydrogen) atoms. The second kappa shape index (κ2) is 8.79. The molecule has 0 atom stereocenters. The highest BCUT2D eigenvalue weighted by Gasteiger charge is 2.16. The molecule has 3 N–H and O–H groups in total. The van der Waals surface area contributed by atoms with E-state index in [-0.39, 0.29) is 17.7 Å². The summed E-state index contributed by atoms with van der Waals surface area (Å²) in [5.74, 6) is -0.227. The summed E-state index contributed by atoms with van der Waals surface area (Å²) in [6.07, 6.45) is 1.70. The molecule has 10 heteroatoms. The van der Waals surface area contributed by atoms with Crippen LogP contribution in [0.4, 0.5) is 33.2 Å². The third kappa shape index (κ3) is 4.55. The Kier molecular flexibility index (Phi) is 5.93. The lowest BCUT2D eigenvalue weighted by atomic mass is 10.1. The van der Waals surface area contributed by atoms with Gasteiger partial charge in [-0.05, 0) is 42.3 Å². The zero-order valence-corrected chi connectivity index (χ0v) is 17.9. The minimum Gasteiger partial charge on any atom is -0.338 e. The first-order valence-corrected chi connectivity index (χ1v) is 10.7. The number of nitrogens with one attached hydrogen (secondary N) is 3. The highest BCUT2D eigenvalue weighted by Crippen LogP contribution is 2.34. The molecule has 1 amide bonds. The second-order valence-corrected chi connectivity index (χ2v) is 8.05. The maximum atomic E-state index is 14.3. The lowest BCUT2D eigenvalue weighted by Crippen LogP contribution is -2.18. The number of hydrogen-bond acceptors (Lipinski definition) is 7. The number of halogens is 2. The van der Waals surface area contributed by atoms with Crippen molar-refractivity contribution in [2.75, 3.05) is 21.7 Å². The molecule has 0 unspecified atom stereocenters. The molecule has 0 radical (unpaired) electrons. The number of nitriles is 1. The third-order valence-electron chi connectivity index (χ3n) is 4.52. The van der Waals surface area contributed by atoms with Gasteiger partial charge in [0.15, 0.2) is 11.6 Å². The summed E-state index contributed by atoms with van der Waals surface area (Å²) >= 11 is 7.65. The van der Waals surface area contributed by atoms with Crippen molar-refractivity contribution in [3.05, 3.63) is 58.5 Å². The van der Waals surface area contributed by atoms with Crippen LogP contribution in [0.5, 0.6) is 0 Å². The molecule has 0 saturated heterocycles. The van der Waals surface area contributed by atoms with Crippen LogP contribution in [0, 0.1) is 17.1 Å². The summed E-state index contributed by atoms with van der Waals surface area (Å²) in [5, 5.41) is 18.4. The lowest BCUT2D eigenvalue weighted by molar-refractivity contribution is -0.113. The number of fused-ring (bicyclic) bond motifs is 1. The molecule has 0 aliphatic carbocycles. The molecule has 1 aliphatic heterocycles. The Morgan fingerprint density at radius 3 is 2.90 bits per heavy atom. The average molecular weight is 455 g/mol. The van der Waals surface area contributed by atoms with Crippen LogP contribution in [0.1, 0.15) is 18.1 Å². The minimum atomic E-state index is -0.634. The smallest absolute Gasteiger partial charge is 0.234 e. The van der Waals surface area contributed by atoms with Crippen LogP contribution in [0.25, 0.3) is 0 Å². The van der Waals surface area contributed by atoms with Crippen molar-refractivity contribution in [1.29, 1.82) is 5.26 Å². The van der Waals surface area contributed by atoms with Gasteiger partial charge in [0.2, 0.25) is 11.9 Å². The number of amides is 1. The van der Waals surface area contributed by atoms with Crippen LogP contribution in [0.3, 0.4) is 0 Å². The van der Waals surface area contributed by atoms with Crippen LogP contribution in [-0.2, 0) is 11.2 Å². The summed E-state index contributed by atoms with van der Waals surface area (Å²) in [5.41, 5.74) is 2.94. The van der Waals surface area contributed by atoms with E-state index in [1.165, 1.54) is 11.8 Å². The number of thioether (sulfide) groups is 1. The summed E-state index contributed by atoms with van der Waals surface area (Å²) in [4.78, 5) is 20.7. The fourth-order valence-corrected chi connectivity index (χ4v) is 4.11. The van der Waals surface area contributed by atoms with Crippen molar-refractivity contribution < 1.29 is 9.18 Å². The topological polar surface area (TPSA) is 103 Å². The van der Waals surface area contributed by atoms with E-state index in [1.54, 1.807) is 24.3 Å². The van der Waals surface area contributed by atoms with Gasteiger partial charge in [0.25, 0.3) is 0 Å². The molecule has 0 bridgehead atoms. The van der Waals surface area contributed by atoms with Crippen LogP contribution < -0.4 is 16.0 Å². The number of carbonyl (C=O) groups excluding carboxylic acids is 1. The van der Waals surface area contributed by atoms with E-state index in [0.717, 1.165) is 16.7 Å². The molecular weight excluding hydrogens is 439 g/mol. The van der Waals surface area contributed by atoms with E-state index < -0.39 is 5.82 Å².